The molecule has 0 saturated heterocycles. The van der Waals surface area contributed by atoms with Gasteiger partial charge in [0.1, 0.15) is 5.76 Å². The van der Waals surface area contributed by atoms with E-state index in [1.165, 1.54) is 18.3 Å². The van der Waals surface area contributed by atoms with Crippen molar-refractivity contribution in [2.75, 3.05) is 0 Å². The van der Waals surface area contributed by atoms with Crippen LogP contribution in [-0.4, -0.2) is 17.7 Å². The number of carbonyl (C=O) groups is 2. The Morgan fingerprint density at radius 2 is 1.87 bits per heavy atom. The Morgan fingerprint density at radius 1 is 1.17 bits per heavy atom. The molecule has 0 aliphatic carbocycles. The normalized spacial score (nSPS) is 20.5. The third-order valence-corrected chi connectivity index (χ3v) is 5.06. The standard InChI is InChI=1S/C18H15ClO3S/c1-10(20)15-11(2)22-18(17(21)14-4-3-9-23-14)16(15)12-5-7-13(19)8-6-12/h3-9,16,18H,1-2H3/t16-,18-/m1/s1. The summed E-state index contributed by atoms with van der Waals surface area (Å²) in [5.41, 5.74) is 1.41. The Kier molecular flexibility index (Phi) is 4.37. The third kappa shape index (κ3) is 2.96. The van der Waals surface area contributed by atoms with E-state index in [1.54, 1.807) is 25.1 Å². The van der Waals surface area contributed by atoms with Crippen molar-refractivity contribution < 1.29 is 14.3 Å². The van der Waals surface area contributed by atoms with Gasteiger partial charge < -0.3 is 4.74 Å². The molecule has 3 nitrogen and oxygen atoms in total. The van der Waals surface area contributed by atoms with Crippen LogP contribution in [-0.2, 0) is 9.53 Å². The summed E-state index contributed by atoms with van der Waals surface area (Å²) in [5, 5.41) is 2.46. The highest BCUT2D eigenvalue weighted by atomic mass is 35.5. The molecule has 3 rings (SSSR count). The number of ketones is 2. The van der Waals surface area contributed by atoms with E-state index in [0.717, 1.165) is 5.56 Å². The number of Topliss-reactive ketones (excluding diaryl/α,β-unsaturated/α-hetero) is 2. The molecule has 0 unspecified atom stereocenters. The van der Waals surface area contributed by atoms with Crippen LogP contribution in [0.15, 0.2) is 53.1 Å². The van der Waals surface area contributed by atoms with Crippen LogP contribution in [0.25, 0.3) is 0 Å². The van der Waals surface area contributed by atoms with E-state index >= 15 is 0 Å². The second-order valence-electron chi connectivity index (χ2n) is 5.44. The first kappa shape index (κ1) is 16.0. The number of thiophene rings is 1. The fourth-order valence-corrected chi connectivity index (χ4v) is 3.75. The lowest BCUT2D eigenvalue weighted by molar-refractivity contribution is -0.113. The van der Waals surface area contributed by atoms with Crippen LogP contribution >= 0.6 is 22.9 Å². The van der Waals surface area contributed by atoms with Crippen LogP contribution in [0.3, 0.4) is 0 Å². The van der Waals surface area contributed by atoms with Gasteiger partial charge in [-0.15, -0.1) is 11.3 Å². The van der Waals surface area contributed by atoms with E-state index < -0.39 is 12.0 Å². The minimum absolute atomic E-state index is 0.0797. The van der Waals surface area contributed by atoms with Gasteiger partial charge in [-0.05, 0) is 43.0 Å². The number of halogens is 1. The predicted molar refractivity (Wildman–Crippen MR) is 91.1 cm³/mol. The molecule has 1 aromatic heterocycles. The quantitative estimate of drug-likeness (QED) is 0.758. The lowest BCUT2D eigenvalue weighted by Crippen LogP contribution is -2.27. The Morgan fingerprint density at radius 3 is 2.43 bits per heavy atom. The van der Waals surface area contributed by atoms with E-state index in [-0.39, 0.29) is 11.6 Å². The highest BCUT2D eigenvalue weighted by Gasteiger charge is 2.43. The second-order valence-corrected chi connectivity index (χ2v) is 6.82. The highest BCUT2D eigenvalue weighted by molar-refractivity contribution is 7.12. The molecule has 0 radical (unpaired) electrons. The smallest absolute Gasteiger partial charge is 0.214 e. The summed E-state index contributed by atoms with van der Waals surface area (Å²) in [6.07, 6.45) is -0.714. The first-order valence-corrected chi connectivity index (χ1v) is 8.46. The van der Waals surface area contributed by atoms with Crippen LogP contribution in [0.4, 0.5) is 0 Å². The highest BCUT2D eigenvalue weighted by Crippen LogP contribution is 2.41. The molecule has 1 aliphatic heterocycles. The fraction of sp³-hybridized carbons (Fsp3) is 0.222. The molecule has 118 valence electrons. The molecule has 0 spiro atoms. The van der Waals surface area contributed by atoms with Crippen molar-refractivity contribution in [3.05, 3.63) is 68.6 Å². The maximum Gasteiger partial charge on any atom is 0.214 e. The number of hydrogen-bond acceptors (Lipinski definition) is 4. The van der Waals surface area contributed by atoms with E-state index in [9.17, 15) is 9.59 Å². The monoisotopic (exact) mass is 346 g/mol. The van der Waals surface area contributed by atoms with Gasteiger partial charge in [-0.1, -0.05) is 29.8 Å². The summed E-state index contributed by atoms with van der Waals surface area (Å²) in [6.45, 7) is 3.24. The van der Waals surface area contributed by atoms with Crippen LogP contribution in [0.1, 0.15) is 35.0 Å². The Labute approximate surface area is 143 Å². The summed E-state index contributed by atoms with van der Waals surface area (Å²) in [4.78, 5) is 25.5. The van der Waals surface area contributed by atoms with Gasteiger partial charge in [0.25, 0.3) is 0 Å². The molecule has 0 bridgehead atoms. The molecule has 1 aliphatic rings. The molecule has 23 heavy (non-hydrogen) atoms. The predicted octanol–water partition coefficient (Wildman–Crippen LogP) is 4.63. The van der Waals surface area contributed by atoms with Crippen molar-refractivity contribution in [1.82, 2.24) is 0 Å². The number of hydrogen-bond donors (Lipinski definition) is 0. The van der Waals surface area contributed by atoms with Crippen LogP contribution in [0.2, 0.25) is 5.02 Å². The summed E-state index contributed by atoms with van der Waals surface area (Å²) in [6, 6.07) is 10.8. The van der Waals surface area contributed by atoms with Gasteiger partial charge >= 0.3 is 0 Å². The van der Waals surface area contributed by atoms with Crippen LogP contribution in [0.5, 0.6) is 0 Å². The van der Waals surface area contributed by atoms with Crippen molar-refractivity contribution >= 4 is 34.5 Å². The zero-order chi connectivity index (χ0) is 16.6. The van der Waals surface area contributed by atoms with Gasteiger partial charge in [0.15, 0.2) is 11.9 Å². The number of allylic oxidation sites excluding steroid dienone is 1. The number of benzene rings is 1. The van der Waals surface area contributed by atoms with Crippen molar-refractivity contribution in [3.8, 4) is 0 Å². The first-order valence-electron chi connectivity index (χ1n) is 7.20. The molecule has 2 atom stereocenters. The van der Waals surface area contributed by atoms with Crippen molar-refractivity contribution in [1.29, 1.82) is 0 Å². The maximum absolute atomic E-state index is 12.8. The molecule has 0 fully saturated rings. The van der Waals surface area contributed by atoms with Gasteiger partial charge in [-0.25, -0.2) is 0 Å². The van der Waals surface area contributed by atoms with Gasteiger partial charge in [0, 0.05) is 10.6 Å². The lowest BCUT2D eigenvalue weighted by atomic mass is 9.84. The fourth-order valence-electron chi connectivity index (χ4n) is 2.93. The number of rotatable bonds is 4. The Bertz CT molecular complexity index is 775. The third-order valence-electron chi connectivity index (χ3n) is 3.93. The topological polar surface area (TPSA) is 43.4 Å². The molecule has 1 aromatic carbocycles. The second kappa shape index (κ2) is 6.30. The van der Waals surface area contributed by atoms with Gasteiger partial charge in [-0.2, -0.15) is 0 Å². The summed E-state index contributed by atoms with van der Waals surface area (Å²) in [7, 11) is 0. The van der Waals surface area contributed by atoms with Gasteiger partial charge in [0.2, 0.25) is 5.78 Å². The molecule has 5 heteroatoms. The molecular formula is C18H15ClO3S. The Balaban J connectivity index is 2.05. The van der Waals surface area contributed by atoms with Gasteiger partial charge in [0.05, 0.1) is 10.8 Å². The minimum atomic E-state index is -0.714. The van der Waals surface area contributed by atoms with Crippen molar-refractivity contribution in [3.63, 3.8) is 0 Å². The minimum Gasteiger partial charge on any atom is -0.485 e. The molecule has 0 saturated carbocycles. The summed E-state index contributed by atoms with van der Waals surface area (Å²) in [5.74, 6) is -0.0637. The van der Waals surface area contributed by atoms with E-state index in [2.05, 4.69) is 0 Å². The van der Waals surface area contributed by atoms with E-state index in [4.69, 9.17) is 16.3 Å². The number of ether oxygens (including phenoxy) is 1. The number of carbonyl (C=O) groups excluding carboxylic acids is 2. The van der Waals surface area contributed by atoms with Crippen molar-refractivity contribution in [2.24, 2.45) is 0 Å². The summed E-state index contributed by atoms with van der Waals surface area (Å²) >= 11 is 7.32. The first-order chi connectivity index (χ1) is 11.0. The average Bonchev–Trinajstić information content (AvgIpc) is 3.15. The molecule has 0 amide bonds. The Hall–Kier alpha value is -1.91. The van der Waals surface area contributed by atoms with E-state index in [1.807, 2.05) is 23.6 Å². The lowest BCUT2D eigenvalue weighted by Gasteiger charge is -2.19. The van der Waals surface area contributed by atoms with Crippen LogP contribution in [0, 0.1) is 0 Å². The zero-order valence-corrected chi connectivity index (χ0v) is 14.3. The summed E-state index contributed by atoms with van der Waals surface area (Å²) < 4.78 is 5.80. The molecule has 0 N–H and O–H groups in total. The maximum atomic E-state index is 12.8. The molecule has 2 aromatic rings. The van der Waals surface area contributed by atoms with Gasteiger partial charge in [-0.3, -0.25) is 9.59 Å². The molecule has 2 heterocycles. The van der Waals surface area contributed by atoms with E-state index in [0.29, 0.717) is 21.2 Å². The zero-order valence-electron chi connectivity index (χ0n) is 12.7. The largest absolute Gasteiger partial charge is 0.485 e. The average molecular weight is 347 g/mol. The van der Waals surface area contributed by atoms with Crippen LogP contribution < -0.4 is 0 Å². The molecular weight excluding hydrogens is 332 g/mol. The van der Waals surface area contributed by atoms with Crippen molar-refractivity contribution in [2.45, 2.75) is 25.9 Å². The SMILES string of the molecule is CC(=O)C1=C(C)O[C@@H](C(=O)c2cccs2)[C@@H]1c1ccc(Cl)cc1.